The highest BCUT2D eigenvalue weighted by atomic mass is 16.6. The smallest absolute Gasteiger partial charge is 0.306 e. The molecule has 0 amide bonds. The van der Waals surface area contributed by atoms with Gasteiger partial charge in [-0.15, -0.1) is 0 Å². The number of allylic oxidation sites excluding steroid dienone is 20. The number of ether oxygens (including phenoxy) is 3. The van der Waals surface area contributed by atoms with Crippen LogP contribution in [-0.4, -0.2) is 37.2 Å². The number of carbonyl (C=O) groups excluding carboxylic acids is 3. The van der Waals surface area contributed by atoms with Crippen LogP contribution in [0.25, 0.3) is 0 Å². The van der Waals surface area contributed by atoms with Crippen LogP contribution in [0.2, 0.25) is 0 Å². The molecule has 0 saturated heterocycles. The highest BCUT2D eigenvalue weighted by Crippen LogP contribution is 2.15. The largest absolute Gasteiger partial charge is 0.462 e. The van der Waals surface area contributed by atoms with Gasteiger partial charge in [-0.25, -0.2) is 0 Å². The van der Waals surface area contributed by atoms with E-state index in [4.69, 9.17) is 14.2 Å². The number of hydrogen-bond donors (Lipinski definition) is 0. The van der Waals surface area contributed by atoms with E-state index >= 15 is 0 Å². The SMILES string of the molecule is CC/C=C\C/C=C\C/C=C\CCCCCCCCCCCC(=O)OCC(COC(=O)CCCCCCC/C=C\C=C/CCCCCCCCC)OC(=O)CCCCCCC\C=C/C=C\C=C/C=C\C=C/CCC. The van der Waals surface area contributed by atoms with Gasteiger partial charge in [0.1, 0.15) is 13.2 Å². The Morgan fingerprint density at radius 3 is 1.03 bits per heavy atom. The Kier molecular flexibility index (Phi) is 56.9. The van der Waals surface area contributed by atoms with Crippen molar-refractivity contribution in [3.8, 4) is 0 Å². The molecule has 1 atom stereocenters. The molecule has 0 aromatic rings. The predicted molar refractivity (Wildman–Crippen MR) is 316 cm³/mol. The fourth-order valence-corrected chi connectivity index (χ4v) is 8.07. The van der Waals surface area contributed by atoms with Crippen molar-refractivity contribution >= 4 is 17.9 Å². The first-order chi connectivity index (χ1) is 36.0. The Morgan fingerprint density at radius 2 is 0.616 bits per heavy atom. The topological polar surface area (TPSA) is 78.9 Å². The number of esters is 3. The molecule has 0 N–H and O–H groups in total. The van der Waals surface area contributed by atoms with Crippen LogP contribution in [0.15, 0.2) is 122 Å². The molecule has 0 radical (unpaired) electrons. The maximum atomic E-state index is 12.9. The summed E-state index contributed by atoms with van der Waals surface area (Å²) in [6.45, 7) is 6.41. The molecule has 0 aliphatic carbocycles. The third-order valence-corrected chi connectivity index (χ3v) is 12.6. The van der Waals surface area contributed by atoms with E-state index in [1.807, 2.05) is 24.3 Å². The number of rotatable bonds is 53. The van der Waals surface area contributed by atoms with E-state index in [2.05, 4.69) is 118 Å². The molecule has 6 nitrogen and oxygen atoms in total. The molecule has 1 unspecified atom stereocenters. The average molecular weight is 1010 g/mol. The van der Waals surface area contributed by atoms with Gasteiger partial charge < -0.3 is 14.2 Å². The molecule has 0 saturated carbocycles. The molecule has 0 rings (SSSR count). The Bertz CT molecular complexity index is 1540. The first-order valence-electron chi connectivity index (χ1n) is 30.1. The lowest BCUT2D eigenvalue weighted by molar-refractivity contribution is -0.167. The number of hydrogen-bond acceptors (Lipinski definition) is 6. The summed E-state index contributed by atoms with van der Waals surface area (Å²) in [5.41, 5.74) is 0. The van der Waals surface area contributed by atoms with Gasteiger partial charge in [-0.1, -0.05) is 271 Å². The second-order valence-electron chi connectivity index (χ2n) is 19.7. The lowest BCUT2D eigenvalue weighted by Crippen LogP contribution is -2.30. The number of unbranched alkanes of at least 4 members (excludes halogenated alkanes) is 27. The van der Waals surface area contributed by atoms with Crippen LogP contribution in [0.5, 0.6) is 0 Å². The fraction of sp³-hybridized carbons (Fsp3) is 0.657. The van der Waals surface area contributed by atoms with Gasteiger partial charge >= 0.3 is 17.9 Å². The van der Waals surface area contributed by atoms with Crippen LogP contribution < -0.4 is 0 Å². The van der Waals surface area contributed by atoms with Crippen molar-refractivity contribution in [3.05, 3.63) is 122 Å². The van der Waals surface area contributed by atoms with Crippen molar-refractivity contribution < 1.29 is 28.6 Å². The van der Waals surface area contributed by atoms with E-state index in [0.717, 1.165) is 122 Å². The summed E-state index contributed by atoms with van der Waals surface area (Å²) in [5.74, 6) is -0.943. The lowest BCUT2D eigenvalue weighted by Gasteiger charge is -2.18. The Balaban J connectivity index is 4.49. The molecule has 414 valence electrons. The minimum atomic E-state index is -0.805. The maximum absolute atomic E-state index is 12.9. The van der Waals surface area contributed by atoms with E-state index in [0.29, 0.717) is 19.3 Å². The maximum Gasteiger partial charge on any atom is 0.306 e. The van der Waals surface area contributed by atoms with Gasteiger partial charge in [-0.2, -0.15) is 0 Å². The summed E-state index contributed by atoms with van der Waals surface area (Å²) < 4.78 is 16.9. The van der Waals surface area contributed by atoms with Crippen LogP contribution in [0, 0.1) is 0 Å². The van der Waals surface area contributed by atoms with Crippen LogP contribution in [0.4, 0.5) is 0 Å². The summed E-state index contributed by atoms with van der Waals surface area (Å²) in [4.78, 5) is 38.3. The van der Waals surface area contributed by atoms with Crippen LogP contribution >= 0.6 is 0 Å². The second-order valence-corrected chi connectivity index (χ2v) is 19.7. The summed E-state index contributed by atoms with van der Waals surface area (Å²) in [7, 11) is 0. The molecule has 0 aromatic carbocycles. The summed E-state index contributed by atoms with van der Waals surface area (Å²) in [6, 6.07) is 0. The minimum Gasteiger partial charge on any atom is -0.462 e. The second kappa shape index (κ2) is 60.4. The normalized spacial score (nSPS) is 13.0. The lowest BCUT2D eigenvalue weighted by atomic mass is 10.1. The van der Waals surface area contributed by atoms with E-state index in [9.17, 15) is 14.4 Å². The van der Waals surface area contributed by atoms with Gasteiger partial charge in [0.2, 0.25) is 0 Å². The van der Waals surface area contributed by atoms with Gasteiger partial charge in [0.25, 0.3) is 0 Å². The van der Waals surface area contributed by atoms with Crippen LogP contribution in [0.3, 0.4) is 0 Å². The molecule has 0 bridgehead atoms. The molecule has 0 aromatic heterocycles. The van der Waals surface area contributed by atoms with Crippen molar-refractivity contribution in [3.63, 3.8) is 0 Å². The van der Waals surface area contributed by atoms with Crippen molar-refractivity contribution in [1.29, 1.82) is 0 Å². The Hall–Kier alpha value is -4.19. The summed E-state index contributed by atoms with van der Waals surface area (Å²) in [6.07, 6.45) is 83.2. The van der Waals surface area contributed by atoms with Gasteiger partial charge in [0, 0.05) is 19.3 Å². The fourth-order valence-electron chi connectivity index (χ4n) is 8.07. The molecule has 6 heteroatoms. The summed E-state index contributed by atoms with van der Waals surface area (Å²) >= 11 is 0. The quantitative estimate of drug-likeness (QED) is 0.0199. The van der Waals surface area contributed by atoms with Gasteiger partial charge in [-0.05, 0) is 96.3 Å². The monoisotopic (exact) mass is 1010 g/mol. The third-order valence-electron chi connectivity index (χ3n) is 12.6. The zero-order valence-electron chi connectivity index (χ0n) is 47.4. The molecule has 0 aliphatic heterocycles. The van der Waals surface area contributed by atoms with E-state index in [1.54, 1.807) is 0 Å². The molecule has 0 aliphatic rings. The van der Waals surface area contributed by atoms with Crippen molar-refractivity contribution in [2.24, 2.45) is 0 Å². The predicted octanol–water partition coefficient (Wildman–Crippen LogP) is 20.4. The summed E-state index contributed by atoms with van der Waals surface area (Å²) in [5, 5.41) is 0. The van der Waals surface area contributed by atoms with Gasteiger partial charge in [0.15, 0.2) is 6.10 Å². The highest BCUT2D eigenvalue weighted by Gasteiger charge is 2.19. The van der Waals surface area contributed by atoms with E-state index in [1.165, 1.54) is 103 Å². The Morgan fingerprint density at radius 1 is 0.301 bits per heavy atom. The number of carbonyl (C=O) groups is 3. The molecular weight excluding hydrogens is 901 g/mol. The zero-order valence-corrected chi connectivity index (χ0v) is 47.4. The highest BCUT2D eigenvalue weighted by molar-refractivity contribution is 5.71. The standard InChI is InChI=1S/C67H110O6/c1-4-7-10-13-16-19-22-25-28-31-34-37-39-42-45-48-51-54-57-60-66(69)72-63-64(73-67(70)61-58-55-52-49-46-43-40-36-33-30-27-24-21-18-15-12-9-6-3)62-71-65(68)59-56-53-50-47-44-41-38-35-32-29-26-23-20-17-14-11-8-5-2/h7,10,12,15-16,18-19,21,24-25,27-30,32-33,35-36,38,40,64H,4-6,8-9,11,13-14,17,20,22-23,26,31,34,37,39,41-63H2,1-3H3/b10-7-,15-12-,19-16-,21-18-,27-24-,28-25-,32-29-,33-30-,38-35-,40-36-. The van der Waals surface area contributed by atoms with Crippen molar-refractivity contribution in [1.82, 2.24) is 0 Å². The molecule has 0 heterocycles. The van der Waals surface area contributed by atoms with Crippen molar-refractivity contribution in [2.45, 2.75) is 271 Å². The van der Waals surface area contributed by atoms with E-state index < -0.39 is 6.10 Å². The minimum absolute atomic E-state index is 0.0994. The average Bonchev–Trinajstić information content (AvgIpc) is 3.39. The van der Waals surface area contributed by atoms with Gasteiger partial charge in [-0.3, -0.25) is 14.4 Å². The van der Waals surface area contributed by atoms with Crippen molar-refractivity contribution in [2.75, 3.05) is 13.2 Å². The first kappa shape index (κ1) is 68.8. The van der Waals surface area contributed by atoms with E-state index in [-0.39, 0.29) is 31.1 Å². The zero-order chi connectivity index (χ0) is 52.9. The Labute approximate surface area is 450 Å². The molecule has 0 spiro atoms. The first-order valence-corrected chi connectivity index (χ1v) is 30.1. The van der Waals surface area contributed by atoms with Crippen LogP contribution in [0.1, 0.15) is 265 Å². The van der Waals surface area contributed by atoms with Gasteiger partial charge in [0.05, 0.1) is 0 Å². The molecule has 0 fully saturated rings. The van der Waals surface area contributed by atoms with Crippen LogP contribution in [-0.2, 0) is 28.6 Å². The molecular formula is C67H110O6. The molecule has 73 heavy (non-hydrogen) atoms. The third kappa shape index (κ3) is 58.6.